The fourth-order valence-corrected chi connectivity index (χ4v) is 2.92. The maximum Gasteiger partial charge on any atom is 0.307 e. The second kappa shape index (κ2) is 6.18. The largest absolute Gasteiger partial charge is 0.469 e. The van der Waals surface area contributed by atoms with Crippen LogP contribution >= 0.6 is 0 Å². The molecule has 2 rings (SSSR count). The Kier molecular flexibility index (Phi) is 4.58. The van der Waals surface area contributed by atoms with E-state index in [1.807, 2.05) is 4.90 Å². The van der Waals surface area contributed by atoms with Crippen molar-refractivity contribution in [2.45, 2.75) is 38.1 Å². The molecule has 0 aromatic carbocycles. The van der Waals surface area contributed by atoms with Gasteiger partial charge in [0, 0.05) is 18.5 Å². The van der Waals surface area contributed by atoms with E-state index in [0.717, 1.165) is 45.3 Å². The van der Waals surface area contributed by atoms with Gasteiger partial charge in [-0.05, 0) is 38.8 Å². The Morgan fingerprint density at radius 2 is 2.00 bits per heavy atom. The van der Waals surface area contributed by atoms with E-state index in [9.17, 15) is 9.59 Å². The van der Waals surface area contributed by atoms with Crippen molar-refractivity contribution >= 4 is 11.9 Å². The van der Waals surface area contributed by atoms with E-state index in [-0.39, 0.29) is 23.8 Å². The summed E-state index contributed by atoms with van der Waals surface area (Å²) in [6, 6.07) is 0.0554. The summed E-state index contributed by atoms with van der Waals surface area (Å²) in [5, 5.41) is 3.27. The summed E-state index contributed by atoms with van der Waals surface area (Å²) in [4.78, 5) is 25.7. The van der Waals surface area contributed by atoms with Crippen molar-refractivity contribution in [1.82, 2.24) is 10.2 Å². The highest BCUT2D eigenvalue weighted by molar-refractivity contribution is 5.80. The number of carbonyl (C=O) groups is 2. The van der Waals surface area contributed by atoms with Crippen molar-refractivity contribution in [2.75, 3.05) is 26.7 Å². The lowest BCUT2D eigenvalue weighted by Gasteiger charge is -2.30. The first-order chi connectivity index (χ1) is 8.72. The fraction of sp³-hybridized carbons (Fsp3) is 0.846. The molecule has 5 heteroatoms. The van der Waals surface area contributed by atoms with E-state index in [4.69, 9.17) is 4.74 Å². The van der Waals surface area contributed by atoms with E-state index >= 15 is 0 Å². The SMILES string of the molecule is COC(=O)CC1CCCN1C(=O)C1CCNCC1. The summed E-state index contributed by atoms with van der Waals surface area (Å²) in [7, 11) is 1.40. The standard InChI is InChI=1S/C13H22N2O3/c1-18-12(16)9-11-3-2-8-15(11)13(17)10-4-6-14-7-5-10/h10-11,14H,2-9H2,1H3. The topological polar surface area (TPSA) is 58.6 Å². The minimum Gasteiger partial charge on any atom is -0.469 e. The van der Waals surface area contributed by atoms with Gasteiger partial charge in [0.05, 0.1) is 13.5 Å². The van der Waals surface area contributed by atoms with Gasteiger partial charge in [-0.2, -0.15) is 0 Å². The highest BCUT2D eigenvalue weighted by atomic mass is 16.5. The Morgan fingerprint density at radius 1 is 1.28 bits per heavy atom. The Balaban J connectivity index is 1.93. The number of hydrogen-bond acceptors (Lipinski definition) is 4. The van der Waals surface area contributed by atoms with Crippen LogP contribution in [0.2, 0.25) is 0 Å². The van der Waals surface area contributed by atoms with Gasteiger partial charge in [-0.15, -0.1) is 0 Å². The fourth-order valence-electron chi connectivity index (χ4n) is 2.92. The number of nitrogens with zero attached hydrogens (tertiary/aromatic N) is 1. The van der Waals surface area contributed by atoms with Crippen molar-refractivity contribution in [3.63, 3.8) is 0 Å². The molecule has 2 fully saturated rings. The van der Waals surface area contributed by atoms with E-state index < -0.39 is 0 Å². The van der Waals surface area contributed by atoms with Crippen LogP contribution < -0.4 is 5.32 Å². The third-order valence-electron chi connectivity index (χ3n) is 3.98. The molecule has 2 aliphatic heterocycles. The molecule has 0 aliphatic carbocycles. The smallest absolute Gasteiger partial charge is 0.307 e. The lowest BCUT2D eigenvalue weighted by atomic mass is 9.96. The first-order valence-corrected chi connectivity index (χ1v) is 6.80. The quantitative estimate of drug-likeness (QED) is 0.747. The van der Waals surface area contributed by atoms with Crippen molar-refractivity contribution in [1.29, 1.82) is 0 Å². The third-order valence-corrected chi connectivity index (χ3v) is 3.98. The lowest BCUT2D eigenvalue weighted by Crippen LogP contribution is -2.43. The summed E-state index contributed by atoms with van der Waals surface area (Å²) in [6.45, 7) is 2.64. The molecule has 18 heavy (non-hydrogen) atoms. The maximum atomic E-state index is 12.4. The van der Waals surface area contributed by atoms with Gasteiger partial charge >= 0.3 is 5.97 Å². The Labute approximate surface area is 108 Å². The number of piperidine rings is 1. The molecule has 0 saturated carbocycles. The molecule has 0 aromatic rings. The molecular weight excluding hydrogens is 232 g/mol. The summed E-state index contributed by atoms with van der Waals surface area (Å²) in [6.07, 6.45) is 4.10. The zero-order valence-corrected chi connectivity index (χ0v) is 11.0. The van der Waals surface area contributed by atoms with Crippen LogP contribution in [-0.2, 0) is 14.3 Å². The average molecular weight is 254 g/mol. The van der Waals surface area contributed by atoms with Crippen LogP contribution in [0, 0.1) is 5.92 Å². The number of ether oxygens (including phenoxy) is 1. The lowest BCUT2D eigenvalue weighted by molar-refractivity contribution is -0.144. The second-order valence-electron chi connectivity index (χ2n) is 5.13. The summed E-state index contributed by atoms with van der Waals surface area (Å²) < 4.78 is 4.70. The maximum absolute atomic E-state index is 12.4. The molecule has 0 spiro atoms. The van der Waals surface area contributed by atoms with Crippen molar-refractivity contribution in [2.24, 2.45) is 5.92 Å². The Morgan fingerprint density at radius 3 is 2.67 bits per heavy atom. The van der Waals surface area contributed by atoms with E-state index in [0.29, 0.717) is 6.42 Å². The summed E-state index contributed by atoms with van der Waals surface area (Å²) >= 11 is 0. The molecule has 1 amide bonds. The monoisotopic (exact) mass is 254 g/mol. The van der Waals surface area contributed by atoms with E-state index in [1.54, 1.807) is 0 Å². The molecule has 0 bridgehead atoms. The van der Waals surface area contributed by atoms with Crippen LogP contribution in [-0.4, -0.2) is 49.6 Å². The number of carbonyl (C=O) groups excluding carboxylic acids is 2. The zero-order chi connectivity index (χ0) is 13.0. The average Bonchev–Trinajstić information content (AvgIpc) is 2.86. The number of hydrogen-bond donors (Lipinski definition) is 1. The van der Waals surface area contributed by atoms with Gasteiger partial charge in [-0.3, -0.25) is 9.59 Å². The molecule has 2 saturated heterocycles. The number of esters is 1. The first-order valence-electron chi connectivity index (χ1n) is 6.80. The molecule has 1 atom stereocenters. The molecule has 102 valence electrons. The minimum absolute atomic E-state index is 0.0554. The van der Waals surface area contributed by atoms with Crippen LogP contribution in [0.3, 0.4) is 0 Å². The predicted molar refractivity (Wildman–Crippen MR) is 67.0 cm³/mol. The molecule has 0 aromatic heterocycles. The molecule has 2 heterocycles. The van der Waals surface area contributed by atoms with Crippen LogP contribution in [0.25, 0.3) is 0 Å². The second-order valence-corrected chi connectivity index (χ2v) is 5.13. The minimum atomic E-state index is -0.218. The number of methoxy groups -OCH3 is 1. The van der Waals surface area contributed by atoms with Gasteiger partial charge < -0.3 is 15.0 Å². The van der Waals surface area contributed by atoms with Crippen LogP contribution in [0.15, 0.2) is 0 Å². The van der Waals surface area contributed by atoms with Crippen LogP contribution in [0.1, 0.15) is 32.1 Å². The van der Waals surface area contributed by atoms with E-state index in [1.165, 1.54) is 7.11 Å². The molecular formula is C13H22N2O3. The van der Waals surface area contributed by atoms with E-state index in [2.05, 4.69) is 5.32 Å². The highest BCUT2D eigenvalue weighted by Crippen LogP contribution is 2.25. The zero-order valence-electron chi connectivity index (χ0n) is 11.0. The summed E-state index contributed by atoms with van der Waals surface area (Å²) in [5.74, 6) is 0.164. The van der Waals surface area contributed by atoms with Gasteiger partial charge in [0.2, 0.25) is 5.91 Å². The predicted octanol–water partition coefficient (Wildman–Crippen LogP) is 0.540. The first kappa shape index (κ1) is 13.3. The van der Waals surface area contributed by atoms with Gasteiger partial charge in [-0.25, -0.2) is 0 Å². The number of nitrogens with one attached hydrogen (secondary N) is 1. The molecule has 5 nitrogen and oxygen atoms in total. The van der Waals surface area contributed by atoms with Crippen molar-refractivity contribution in [3.05, 3.63) is 0 Å². The van der Waals surface area contributed by atoms with Gasteiger partial charge in [0.25, 0.3) is 0 Å². The Bertz CT molecular complexity index is 313. The van der Waals surface area contributed by atoms with Crippen LogP contribution in [0.4, 0.5) is 0 Å². The number of amides is 1. The Hall–Kier alpha value is -1.10. The molecule has 0 radical (unpaired) electrons. The molecule has 1 N–H and O–H groups in total. The third kappa shape index (κ3) is 3.02. The number of likely N-dealkylation sites (tertiary alicyclic amines) is 1. The molecule has 1 unspecified atom stereocenters. The van der Waals surface area contributed by atoms with Crippen molar-refractivity contribution < 1.29 is 14.3 Å². The van der Waals surface area contributed by atoms with Crippen molar-refractivity contribution in [3.8, 4) is 0 Å². The normalized spacial score (nSPS) is 25.2. The molecule has 2 aliphatic rings. The highest BCUT2D eigenvalue weighted by Gasteiger charge is 2.34. The number of rotatable bonds is 3. The van der Waals surface area contributed by atoms with Gasteiger partial charge in [-0.1, -0.05) is 0 Å². The van der Waals surface area contributed by atoms with Gasteiger partial charge in [0.15, 0.2) is 0 Å². The van der Waals surface area contributed by atoms with Crippen LogP contribution in [0.5, 0.6) is 0 Å². The summed E-state index contributed by atoms with van der Waals surface area (Å²) in [5.41, 5.74) is 0. The van der Waals surface area contributed by atoms with Gasteiger partial charge in [0.1, 0.15) is 0 Å².